The monoisotopic (exact) mass is 296 g/mol. The van der Waals surface area contributed by atoms with Crippen LogP contribution in [0.1, 0.15) is 24.0 Å². The summed E-state index contributed by atoms with van der Waals surface area (Å²) in [4.78, 5) is 5.34. The van der Waals surface area contributed by atoms with Crippen LogP contribution in [0.5, 0.6) is 0 Å². The van der Waals surface area contributed by atoms with Crippen molar-refractivity contribution in [3.8, 4) is 0 Å². The van der Waals surface area contributed by atoms with E-state index in [-0.39, 0.29) is 0 Å². The summed E-state index contributed by atoms with van der Waals surface area (Å²) in [6.45, 7) is 9.65. The van der Waals surface area contributed by atoms with Gasteiger partial charge < -0.3 is 4.90 Å². The number of hydrogen-bond donors (Lipinski definition) is 0. The zero-order valence-electron chi connectivity index (χ0n) is 13.7. The van der Waals surface area contributed by atoms with E-state index in [0.717, 1.165) is 24.3 Å². The molecule has 118 valence electrons. The molecule has 1 saturated carbocycles. The van der Waals surface area contributed by atoms with Crippen LogP contribution in [-0.2, 0) is 6.54 Å². The first-order chi connectivity index (χ1) is 10.8. The van der Waals surface area contributed by atoms with Gasteiger partial charge in [0.25, 0.3) is 0 Å². The van der Waals surface area contributed by atoms with Gasteiger partial charge in [-0.15, -0.1) is 0 Å². The molecule has 22 heavy (non-hydrogen) atoms. The highest BCUT2D eigenvalue weighted by Crippen LogP contribution is 2.43. The maximum Gasteiger partial charge on any atom is 0.0237 e. The van der Waals surface area contributed by atoms with E-state index in [1.807, 2.05) is 0 Å². The average Bonchev–Trinajstić information content (AvgIpc) is 3.14. The molecule has 0 unspecified atom stereocenters. The van der Waals surface area contributed by atoms with Gasteiger partial charge in [0.2, 0.25) is 0 Å². The number of benzene rings is 1. The summed E-state index contributed by atoms with van der Waals surface area (Å²) < 4.78 is 0. The first-order valence-electron chi connectivity index (χ1n) is 8.95. The average molecular weight is 296 g/mol. The Kier molecular flexibility index (Phi) is 4.06. The lowest BCUT2D eigenvalue weighted by Gasteiger charge is -2.37. The molecule has 1 aromatic rings. The molecule has 0 amide bonds. The first kappa shape index (κ1) is 14.5. The summed E-state index contributed by atoms with van der Waals surface area (Å²) in [6, 6.07) is 8.82. The van der Waals surface area contributed by atoms with Gasteiger partial charge in [-0.1, -0.05) is 36.4 Å². The van der Waals surface area contributed by atoms with Crippen LogP contribution in [-0.4, -0.2) is 42.5 Å². The van der Waals surface area contributed by atoms with Crippen LogP contribution in [0.4, 0.5) is 0 Å². The van der Waals surface area contributed by atoms with Crippen molar-refractivity contribution in [1.29, 1.82) is 0 Å². The number of allylic oxidation sites excluding steroid dienone is 2. The van der Waals surface area contributed by atoms with E-state index in [9.17, 15) is 0 Å². The molecule has 0 N–H and O–H groups in total. The molecule has 2 nitrogen and oxygen atoms in total. The Hall–Kier alpha value is -1.12. The second-order valence-electron chi connectivity index (χ2n) is 7.54. The van der Waals surface area contributed by atoms with Gasteiger partial charge in [0.05, 0.1) is 0 Å². The third kappa shape index (κ3) is 3.00. The lowest BCUT2D eigenvalue weighted by Crippen LogP contribution is -2.47. The number of aryl methyl sites for hydroxylation is 1. The number of nitrogens with zero attached hydrogens (tertiary/aromatic N) is 2. The second kappa shape index (κ2) is 6.17. The minimum absolute atomic E-state index is 0.898. The van der Waals surface area contributed by atoms with Gasteiger partial charge in [-0.05, 0) is 48.6 Å². The van der Waals surface area contributed by atoms with Gasteiger partial charge >= 0.3 is 0 Å². The molecule has 0 spiro atoms. The van der Waals surface area contributed by atoms with E-state index in [4.69, 9.17) is 0 Å². The lowest BCUT2D eigenvalue weighted by molar-refractivity contribution is 0.108. The Labute approximate surface area is 134 Å². The molecule has 0 radical (unpaired) electrons. The molecule has 2 bridgehead atoms. The molecule has 2 heteroatoms. The van der Waals surface area contributed by atoms with E-state index in [0.29, 0.717) is 0 Å². The lowest BCUT2D eigenvalue weighted by atomic mass is 9.93. The molecule has 4 rings (SSSR count). The van der Waals surface area contributed by atoms with Crippen LogP contribution in [0.3, 0.4) is 0 Å². The highest BCUT2D eigenvalue weighted by Gasteiger charge is 2.36. The molecule has 2 aliphatic carbocycles. The van der Waals surface area contributed by atoms with E-state index in [2.05, 4.69) is 53.1 Å². The molecular weight excluding hydrogens is 268 g/mol. The van der Waals surface area contributed by atoms with Crippen LogP contribution in [0, 0.1) is 24.7 Å². The van der Waals surface area contributed by atoms with Gasteiger partial charge in [-0.2, -0.15) is 0 Å². The molecule has 1 aromatic carbocycles. The van der Waals surface area contributed by atoms with Gasteiger partial charge in [0.1, 0.15) is 0 Å². The van der Waals surface area contributed by atoms with Crippen molar-refractivity contribution in [3.63, 3.8) is 0 Å². The second-order valence-corrected chi connectivity index (χ2v) is 7.54. The zero-order valence-corrected chi connectivity index (χ0v) is 13.7. The SMILES string of the molecule is Cc1ccccc1CN1CCN(C[C@@H]2C[C@@H]3C=C[C@@H]2C3)CC1. The van der Waals surface area contributed by atoms with Crippen molar-refractivity contribution < 1.29 is 0 Å². The molecule has 2 fully saturated rings. The first-order valence-corrected chi connectivity index (χ1v) is 8.95. The van der Waals surface area contributed by atoms with E-state index >= 15 is 0 Å². The Bertz CT molecular complexity index is 542. The summed E-state index contributed by atoms with van der Waals surface area (Å²) in [7, 11) is 0. The smallest absolute Gasteiger partial charge is 0.0237 e. The zero-order chi connectivity index (χ0) is 14.9. The quantitative estimate of drug-likeness (QED) is 0.786. The maximum atomic E-state index is 2.72. The minimum atomic E-state index is 0.898. The van der Waals surface area contributed by atoms with Crippen molar-refractivity contribution in [1.82, 2.24) is 9.80 Å². The molecule has 1 heterocycles. The number of hydrogen-bond acceptors (Lipinski definition) is 2. The fourth-order valence-electron chi connectivity index (χ4n) is 4.59. The normalized spacial score (nSPS) is 32.0. The van der Waals surface area contributed by atoms with Crippen LogP contribution >= 0.6 is 0 Å². The highest BCUT2D eigenvalue weighted by atomic mass is 15.3. The van der Waals surface area contributed by atoms with Crippen molar-refractivity contribution in [3.05, 3.63) is 47.5 Å². The Morgan fingerprint density at radius 3 is 2.41 bits per heavy atom. The van der Waals surface area contributed by atoms with Gasteiger partial charge in [-0.25, -0.2) is 0 Å². The van der Waals surface area contributed by atoms with E-state index in [1.165, 1.54) is 56.7 Å². The molecular formula is C20H28N2. The molecule has 3 aliphatic rings. The number of rotatable bonds is 4. The van der Waals surface area contributed by atoms with Crippen LogP contribution in [0.25, 0.3) is 0 Å². The van der Waals surface area contributed by atoms with Gasteiger partial charge in [0, 0.05) is 39.3 Å². The Morgan fingerprint density at radius 1 is 0.955 bits per heavy atom. The number of fused-ring (bicyclic) bond motifs is 2. The van der Waals surface area contributed by atoms with Crippen LogP contribution in [0.2, 0.25) is 0 Å². The maximum absolute atomic E-state index is 2.72. The molecule has 3 atom stereocenters. The topological polar surface area (TPSA) is 6.48 Å². The Balaban J connectivity index is 1.26. The Morgan fingerprint density at radius 2 is 1.73 bits per heavy atom. The summed E-state index contributed by atoms with van der Waals surface area (Å²) in [6.07, 6.45) is 7.84. The largest absolute Gasteiger partial charge is 0.300 e. The van der Waals surface area contributed by atoms with Gasteiger partial charge in [0.15, 0.2) is 0 Å². The van der Waals surface area contributed by atoms with Crippen molar-refractivity contribution in [2.75, 3.05) is 32.7 Å². The highest BCUT2D eigenvalue weighted by molar-refractivity contribution is 5.25. The van der Waals surface area contributed by atoms with Crippen molar-refractivity contribution in [2.45, 2.75) is 26.3 Å². The fraction of sp³-hybridized carbons (Fsp3) is 0.600. The van der Waals surface area contributed by atoms with E-state index < -0.39 is 0 Å². The standard InChI is InChI=1S/C20H28N2/c1-16-4-2-3-5-19(16)14-21-8-10-22(11-9-21)15-20-13-17-6-7-18(20)12-17/h2-7,17-18,20H,8-15H2,1H3/t17-,18-,20+/m1/s1. The van der Waals surface area contributed by atoms with E-state index in [1.54, 1.807) is 0 Å². The summed E-state index contributed by atoms with van der Waals surface area (Å²) >= 11 is 0. The third-order valence-electron chi connectivity index (χ3n) is 6.03. The summed E-state index contributed by atoms with van der Waals surface area (Å²) in [5, 5.41) is 0. The molecule has 1 aliphatic heterocycles. The van der Waals surface area contributed by atoms with Crippen LogP contribution in [0.15, 0.2) is 36.4 Å². The summed E-state index contributed by atoms with van der Waals surface area (Å²) in [5.41, 5.74) is 2.92. The van der Waals surface area contributed by atoms with Crippen molar-refractivity contribution in [2.24, 2.45) is 17.8 Å². The van der Waals surface area contributed by atoms with Crippen LogP contribution < -0.4 is 0 Å². The van der Waals surface area contributed by atoms with Crippen molar-refractivity contribution >= 4 is 0 Å². The summed E-state index contributed by atoms with van der Waals surface area (Å²) in [5.74, 6) is 2.75. The van der Waals surface area contributed by atoms with Gasteiger partial charge in [-0.3, -0.25) is 4.90 Å². The fourth-order valence-corrected chi connectivity index (χ4v) is 4.59. The minimum Gasteiger partial charge on any atom is -0.300 e. The molecule has 1 saturated heterocycles. The predicted octanol–water partition coefficient (Wildman–Crippen LogP) is 3.32. The third-order valence-corrected chi connectivity index (χ3v) is 6.03. The predicted molar refractivity (Wildman–Crippen MR) is 91.7 cm³/mol. The number of piperazine rings is 1. The molecule has 0 aromatic heterocycles.